The van der Waals surface area contributed by atoms with Crippen LogP contribution in [-0.2, 0) is 11.2 Å². The molecule has 0 aliphatic rings. The fraction of sp³-hybridized carbons (Fsp3) is 0.158. The highest BCUT2D eigenvalue weighted by molar-refractivity contribution is 7.13. The lowest BCUT2D eigenvalue weighted by atomic mass is 10.2. The molecule has 136 valence electrons. The number of nitrogens with one attached hydrogen (secondary N) is 3. The first-order valence-corrected chi connectivity index (χ1v) is 9.44. The van der Waals surface area contributed by atoms with Crippen molar-refractivity contribution in [2.75, 3.05) is 5.32 Å². The number of fused-ring (bicyclic) bond motifs is 1. The van der Waals surface area contributed by atoms with E-state index in [0.29, 0.717) is 41.8 Å². The van der Waals surface area contributed by atoms with Crippen LogP contribution in [0.15, 0.2) is 52.6 Å². The van der Waals surface area contributed by atoms with Gasteiger partial charge in [-0.05, 0) is 30.0 Å². The van der Waals surface area contributed by atoms with Gasteiger partial charge in [-0.3, -0.25) is 14.7 Å². The molecule has 0 spiro atoms. The average molecular weight is 379 g/mol. The van der Waals surface area contributed by atoms with E-state index in [1.807, 2.05) is 41.8 Å². The minimum absolute atomic E-state index is 0.123. The first-order chi connectivity index (χ1) is 13.2. The van der Waals surface area contributed by atoms with Gasteiger partial charge in [0, 0.05) is 18.9 Å². The van der Waals surface area contributed by atoms with E-state index in [4.69, 9.17) is 0 Å². The number of rotatable bonds is 6. The molecule has 7 nitrogen and oxygen atoms in total. The molecule has 3 heterocycles. The summed E-state index contributed by atoms with van der Waals surface area (Å²) < 4.78 is 0. The van der Waals surface area contributed by atoms with Crippen molar-refractivity contribution in [2.24, 2.45) is 0 Å². The lowest BCUT2D eigenvalue weighted by molar-refractivity contribution is -0.116. The van der Waals surface area contributed by atoms with E-state index in [2.05, 4.69) is 25.5 Å². The Labute approximate surface area is 158 Å². The Balaban J connectivity index is 1.33. The Morgan fingerprint density at radius 1 is 1.19 bits per heavy atom. The van der Waals surface area contributed by atoms with Gasteiger partial charge >= 0.3 is 0 Å². The van der Waals surface area contributed by atoms with Crippen molar-refractivity contribution in [3.8, 4) is 10.6 Å². The van der Waals surface area contributed by atoms with Crippen LogP contribution in [-0.4, -0.2) is 26.1 Å². The molecule has 0 fully saturated rings. The maximum absolute atomic E-state index is 12.1. The third-order valence-electron chi connectivity index (χ3n) is 4.11. The highest BCUT2D eigenvalue weighted by Crippen LogP contribution is 2.24. The second-order valence-corrected chi connectivity index (χ2v) is 7.02. The van der Waals surface area contributed by atoms with Crippen LogP contribution in [0.2, 0.25) is 0 Å². The average Bonchev–Trinajstić information content (AvgIpc) is 3.33. The van der Waals surface area contributed by atoms with Crippen LogP contribution in [0.4, 0.5) is 5.82 Å². The normalized spacial score (nSPS) is 11.0. The first kappa shape index (κ1) is 17.2. The number of hydrogen-bond acceptors (Lipinski definition) is 5. The predicted octanol–water partition coefficient (Wildman–Crippen LogP) is 3.34. The highest BCUT2D eigenvalue weighted by atomic mass is 32.1. The number of aromatic amines is 2. The SMILES string of the molecule is O=C(CCCc1nc2ccccc2c(=O)[nH]1)Nc1cc(-c2cccs2)[nH]n1. The van der Waals surface area contributed by atoms with Gasteiger partial charge in [0.05, 0.1) is 21.5 Å². The van der Waals surface area contributed by atoms with Crippen molar-refractivity contribution in [3.05, 3.63) is 64.0 Å². The summed E-state index contributed by atoms with van der Waals surface area (Å²) in [4.78, 5) is 32.5. The van der Waals surface area contributed by atoms with Crippen LogP contribution < -0.4 is 10.9 Å². The zero-order valence-corrected chi connectivity index (χ0v) is 15.2. The molecule has 3 N–H and O–H groups in total. The van der Waals surface area contributed by atoms with Crippen LogP contribution in [0.5, 0.6) is 0 Å². The lowest BCUT2D eigenvalue weighted by Gasteiger charge is -2.03. The van der Waals surface area contributed by atoms with Crippen molar-refractivity contribution >= 4 is 34.0 Å². The Morgan fingerprint density at radius 3 is 2.93 bits per heavy atom. The molecule has 0 saturated carbocycles. The molecule has 0 atom stereocenters. The molecule has 27 heavy (non-hydrogen) atoms. The largest absolute Gasteiger partial charge is 0.310 e. The fourth-order valence-electron chi connectivity index (χ4n) is 2.82. The van der Waals surface area contributed by atoms with Crippen LogP contribution in [0, 0.1) is 0 Å². The molecule has 0 unspecified atom stereocenters. The molecule has 0 saturated heterocycles. The summed E-state index contributed by atoms with van der Waals surface area (Å²) in [5.41, 5.74) is 1.38. The van der Waals surface area contributed by atoms with E-state index in [9.17, 15) is 9.59 Å². The van der Waals surface area contributed by atoms with Gasteiger partial charge in [-0.1, -0.05) is 18.2 Å². The van der Waals surface area contributed by atoms with Crippen LogP contribution >= 0.6 is 11.3 Å². The Hall–Kier alpha value is -3.26. The minimum atomic E-state index is -0.155. The number of benzene rings is 1. The Kier molecular flexibility index (Phi) is 4.80. The van der Waals surface area contributed by atoms with Gasteiger partial charge in [0.15, 0.2) is 5.82 Å². The quantitative estimate of drug-likeness (QED) is 0.478. The van der Waals surface area contributed by atoms with Crippen molar-refractivity contribution < 1.29 is 4.79 Å². The fourth-order valence-corrected chi connectivity index (χ4v) is 3.51. The number of para-hydroxylation sites is 1. The van der Waals surface area contributed by atoms with Gasteiger partial charge in [-0.25, -0.2) is 4.98 Å². The summed E-state index contributed by atoms with van der Waals surface area (Å²) >= 11 is 1.60. The van der Waals surface area contributed by atoms with Gasteiger partial charge in [-0.15, -0.1) is 11.3 Å². The number of nitrogens with zero attached hydrogens (tertiary/aromatic N) is 2. The minimum Gasteiger partial charge on any atom is -0.310 e. The molecule has 3 aromatic heterocycles. The number of carbonyl (C=O) groups is 1. The summed E-state index contributed by atoms with van der Waals surface area (Å²) in [5, 5.41) is 12.4. The molecule has 4 aromatic rings. The van der Waals surface area contributed by atoms with Crippen LogP contribution in [0.3, 0.4) is 0 Å². The Bertz CT molecular complexity index is 1130. The molecule has 1 amide bonds. The monoisotopic (exact) mass is 379 g/mol. The molecule has 0 aliphatic heterocycles. The highest BCUT2D eigenvalue weighted by Gasteiger charge is 2.09. The van der Waals surface area contributed by atoms with E-state index in [1.54, 1.807) is 17.4 Å². The molecule has 0 bridgehead atoms. The molecule has 8 heteroatoms. The van der Waals surface area contributed by atoms with E-state index in [-0.39, 0.29) is 11.5 Å². The van der Waals surface area contributed by atoms with Crippen LogP contribution in [0.1, 0.15) is 18.7 Å². The number of thiophene rings is 1. The molecule has 1 aromatic carbocycles. The van der Waals surface area contributed by atoms with Gasteiger partial charge in [0.1, 0.15) is 5.82 Å². The van der Waals surface area contributed by atoms with Crippen LogP contribution in [0.25, 0.3) is 21.5 Å². The topological polar surface area (TPSA) is 104 Å². The van der Waals surface area contributed by atoms with Gasteiger partial charge < -0.3 is 10.3 Å². The summed E-state index contributed by atoms with van der Waals surface area (Å²) in [6.45, 7) is 0. The number of amides is 1. The maximum atomic E-state index is 12.1. The lowest BCUT2D eigenvalue weighted by Crippen LogP contribution is -2.14. The third kappa shape index (κ3) is 3.95. The second-order valence-electron chi connectivity index (χ2n) is 6.08. The number of anilines is 1. The maximum Gasteiger partial charge on any atom is 0.258 e. The van der Waals surface area contributed by atoms with Gasteiger partial charge in [0.2, 0.25) is 5.91 Å². The molecular weight excluding hydrogens is 362 g/mol. The number of aryl methyl sites for hydroxylation is 1. The first-order valence-electron chi connectivity index (χ1n) is 8.56. The van der Waals surface area contributed by atoms with E-state index >= 15 is 0 Å². The zero-order chi connectivity index (χ0) is 18.6. The zero-order valence-electron chi connectivity index (χ0n) is 14.4. The number of aromatic nitrogens is 4. The smallest absolute Gasteiger partial charge is 0.258 e. The summed E-state index contributed by atoms with van der Waals surface area (Å²) in [6, 6.07) is 13.0. The summed E-state index contributed by atoms with van der Waals surface area (Å²) in [5.74, 6) is 0.967. The van der Waals surface area contributed by atoms with E-state index in [0.717, 1.165) is 10.6 Å². The van der Waals surface area contributed by atoms with Crippen molar-refractivity contribution in [1.29, 1.82) is 0 Å². The number of H-pyrrole nitrogens is 2. The van der Waals surface area contributed by atoms with Gasteiger partial charge in [0.25, 0.3) is 5.56 Å². The molecular formula is C19H17N5O2S. The van der Waals surface area contributed by atoms with Crippen molar-refractivity contribution in [2.45, 2.75) is 19.3 Å². The third-order valence-corrected chi connectivity index (χ3v) is 5.01. The standard InChI is InChI=1S/C19H17N5O2S/c25-18(21-17-11-14(23-24-17)15-7-4-10-27-15)9-3-8-16-20-13-6-2-1-5-12(13)19(26)22-16/h1-2,4-7,10-11H,3,8-9H2,(H,20,22,26)(H2,21,23,24,25). The summed E-state index contributed by atoms with van der Waals surface area (Å²) in [7, 11) is 0. The van der Waals surface area contributed by atoms with Crippen molar-refractivity contribution in [3.63, 3.8) is 0 Å². The van der Waals surface area contributed by atoms with Gasteiger partial charge in [-0.2, -0.15) is 5.10 Å². The second kappa shape index (κ2) is 7.55. The Morgan fingerprint density at radius 2 is 2.07 bits per heavy atom. The van der Waals surface area contributed by atoms with E-state index < -0.39 is 0 Å². The number of carbonyl (C=O) groups excluding carboxylic acids is 1. The molecule has 0 aliphatic carbocycles. The molecule has 0 radical (unpaired) electrons. The van der Waals surface area contributed by atoms with Crippen molar-refractivity contribution in [1.82, 2.24) is 20.2 Å². The van der Waals surface area contributed by atoms with E-state index in [1.165, 1.54) is 0 Å². The predicted molar refractivity (Wildman–Crippen MR) is 106 cm³/mol. The molecule has 4 rings (SSSR count). The number of hydrogen-bond donors (Lipinski definition) is 3. The summed E-state index contributed by atoms with van der Waals surface area (Å²) in [6.07, 6.45) is 1.42.